The van der Waals surface area contributed by atoms with Crippen LogP contribution in [-0.4, -0.2) is 6.04 Å². The van der Waals surface area contributed by atoms with Crippen molar-refractivity contribution in [3.8, 4) is 6.07 Å². The summed E-state index contributed by atoms with van der Waals surface area (Å²) in [6.07, 6.45) is 0.698. The molecule has 0 heterocycles. The van der Waals surface area contributed by atoms with Crippen LogP contribution in [0.5, 0.6) is 0 Å². The van der Waals surface area contributed by atoms with Crippen molar-refractivity contribution in [2.75, 3.05) is 5.32 Å². The lowest BCUT2D eigenvalue weighted by atomic mass is 10.2. The fourth-order valence-corrected chi connectivity index (χ4v) is 1.54. The van der Waals surface area contributed by atoms with Crippen LogP contribution in [0.25, 0.3) is 0 Å². The van der Waals surface area contributed by atoms with E-state index in [4.69, 9.17) is 5.26 Å². The lowest BCUT2D eigenvalue weighted by Crippen LogP contribution is -2.16. The molecule has 2 nitrogen and oxygen atoms in total. The zero-order valence-electron chi connectivity index (χ0n) is 7.72. The molecular formula is C10H10FIN2. The van der Waals surface area contributed by atoms with E-state index in [2.05, 4.69) is 11.4 Å². The minimum atomic E-state index is -0.261. The van der Waals surface area contributed by atoms with Gasteiger partial charge in [0.25, 0.3) is 0 Å². The maximum absolute atomic E-state index is 13.1. The van der Waals surface area contributed by atoms with E-state index < -0.39 is 0 Å². The molecule has 0 spiro atoms. The highest BCUT2D eigenvalue weighted by molar-refractivity contribution is 14.1. The average molecular weight is 304 g/mol. The first-order chi connectivity index (χ1) is 6.69. The average Bonchev–Trinajstić information content (AvgIpc) is 2.20. The lowest BCUT2D eigenvalue weighted by molar-refractivity contribution is 0.620. The first-order valence-electron chi connectivity index (χ1n) is 4.29. The van der Waals surface area contributed by atoms with Crippen molar-refractivity contribution in [2.24, 2.45) is 0 Å². The molecule has 0 aliphatic heterocycles. The Morgan fingerprint density at radius 2 is 2.36 bits per heavy atom. The summed E-state index contributed by atoms with van der Waals surface area (Å²) < 4.78 is 13.6. The topological polar surface area (TPSA) is 35.8 Å². The maximum Gasteiger partial charge on any atom is 0.138 e. The number of hydrogen-bond acceptors (Lipinski definition) is 2. The third-order valence-corrected chi connectivity index (χ3v) is 2.94. The summed E-state index contributed by atoms with van der Waals surface area (Å²) in [6, 6.07) is 6.65. The highest BCUT2D eigenvalue weighted by atomic mass is 127. The molecule has 1 aromatic carbocycles. The van der Waals surface area contributed by atoms with Gasteiger partial charge in [0.05, 0.1) is 15.3 Å². The zero-order chi connectivity index (χ0) is 10.6. The molecule has 0 radical (unpaired) electrons. The largest absolute Gasteiger partial charge is 0.369 e. The van der Waals surface area contributed by atoms with Crippen LogP contribution in [0.4, 0.5) is 10.1 Å². The van der Waals surface area contributed by atoms with Gasteiger partial charge in [-0.2, -0.15) is 5.26 Å². The van der Waals surface area contributed by atoms with Gasteiger partial charge < -0.3 is 5.32 Å². The number of anilines is 1. The van der Waals surface area contributed by atoms with E-state index in [0.717, 1.165) is 0 Å². The van der Waals surface area contributed by atoms with Gasteiger partial charge in [0.2, 0.25) is 0 Å². The van der Waals surface area contributed by atoms with Crippen molar-refractivity contribution in [2.45, 2.75) is 19.4 Å². The van der Waals surface area contributed by atoms with E-state index in [-0.39, 0.29) is 11.9 Å². The molecule has 74 valence electrons. The standard InChI is InChI=1S/C10H10FIN2/c1-2-7(6-13)14-9-5-3-4-8(11)10(9)12/h3-5,7,14H,2H2,1H3. The second-order valence-corrected chi connectivity index (χ2v) is 3.91. The molecule has 0 saturated carbocycles. The molecule has 1 aromatic rings. The number of hydrogen-bond donors (Lipinski definition) is 1. The molecule has 0 aromatic heterocycles. The first kappa shape index (κ1) is 11.2. The molecule has 1 N–H and O–H groups in total. The molecule has 0 aliphatic carbocycles. The predicted octanol–water partition coefficient (Wildman–Crippen LogP) is 3.14. The molecular weight excluding hydrogens is 294 g/mol. The van der Waals surface area contributed by atoms with E-state index >= 15 is 0 Å². The number of nitrogens with zero attached hydrogens (tertiary/aromatic N) is 1. The van der Waals surface area contributed by atoms with Crippen LogP contribution >= 0.6 is 22.6 Å². The summed E-state index contributed by atoms with van der Waals surface area (Å²) in [4.78, 5) is 0. The maximum atomic E-state index is 13.1. The Morgan fingerprint density at radius 3 is 2.93 bits per heavy atom. The Labute approximate surface area is 96.3 Å². The first-order valence-corrected chi connectivity index (χ1v) is 5.37. The third-order valence-electron chi connectivity index (χ3n) is 1.85. The van der Waals surface area contributed by atoms with Gasteiger partial charge in [-0.25, -0.2) is 4.39 Å². The Balaban J connectivity index is 2.87. The Kier molecular flexibility index (Phi) is 4.14. The van der Waals surface area contributed by atoms with Gasteiger partial charge in [0, 0.05) is 0 Å². The quantitative estimate of drug-likeness (QED) is 0.871. The molecule has 4 heteroatoms. The zero-order valence-corrected chi connectivity index (χ0v) is 9.88. The van der Waals surface area contributed by atoms with E-state index in [9.17, 15) is 4.39 Å². The molecule has 1 rings (SSSR count). The lowest BCUT2D eigenvalue weighted by Gasteiger charge is -2.12. The van der Waals surface area contributed by atoms with E-state index in [0.29, 0.717) is 15.7 Å². The molecule has 0 bridgehead atoms. The molecule has 0 amide bonds. The fraction of sp³-hybridized carbons (Fsp3) is 0.300. The van der Waals surface area contributed by atoms with Crippen molar-refractivity contribution >= 4 is 28.3 Å². The minimum absolute atomic E-state index is 0.259. The van der Waals surface area contributed by atoms with Crippen LogP contribution in [0, 0.1) is 20.7 Å². The molecule has 1 atom stereocenters. The smallest absolute Gasteiger partial charge is 0.138 e. The highest BCUT2D eigenvalue weighted by Gasteiger charge is 2.08. The Bertz CT molecular complexity index is 360. The van der Waals surface area contributed by atoms with Crippen LogP contribution in [-0.2, 0) is 0 Å². The molecule has 0 saturated heterocycles. The Hall–Kier alpha value is -0.830. The number of nitrogens with one attached hydrogen (secondary N) is 1. The van der Waals surface area contributed by atoms with Gasteiger partial charge in [0.15, 0.2) is 0 Å². The third kappa shape index (κ3) is 2.58. The van der Waals surface area contributed by atoms with Crippen molar-refractivity contribution in [1.29, 1.82) is 5.26 Å². The van der Waals surface area contributed by atoms with Crippen LogP contribution in [0.3, 0.4) is 0 Å². The van der Waals surface area contributed by atoms with Crippen LogP contribution in [0.2, 0.25) is 0 Å². The summed E-state index contributed by atoms with van der Waals surface area (Å²) in [7, 11) is 0. The highest BCUT2D eigenvalue weighted by Crippen LogP contribution is 2.21. The summed E-state index contributed by atoms with van der Waals surface area (Å²) in [5.41, 5.74) is 0.680. The second kappa shape index (κ2) is 5.15. The van der Waals surface area contributed by atoms with E-state index in [1.807, 2.05) is 29.5 Å². The van der Waals surface area contributed by atoms with Gasteiger partial charge in [-0.1, -0.05) is 13.0 Å². The van der Waals surface area contributed by atoms with Crippen molar-refractivity contribution in [1.82, 2.24) is 0 Å². The van der Waals surface area contributed by atoms with Gasteiger partial charge in [-0.05, 0) is 41.1 Å². The summed E-state index contributed by atoms with van der Waals surface area (Å²) in [5, 5.41) is 11.7. The minimum Gasteiger partial charge on any atom is -0.369 e. The van der Waals surface area contributed by atoms with Crippen LogP contribution in [0.1, 0.15) is 13.3 Å². The van der Waals surface area contributed by atoms with Crippen molar-refractivity contribution in [3.05, 3.63) is 27.6 Å². The summed E-state index contributed by atoms with van der Waals surface area (Å²) >= 11 is 1.92. The summed E-state index contributed by atoms with van der Waals surface area (Å²) in [5.74, 6) is -0.261. The molecule has 0 aliphatic rings. The predicted molar refractivity (Wildman–Crippen MR) is 62.4 cm³/mol. The van der Waals surface area contributed by atoms with E-state index in [1.165, 1.54) is 6.07 Å². The normalized spacial score (nSPS) is 11.9. The molecule has 14 heavy (non-hydrogen) atoms. The molecule has 1 unspecified atom stereocenters. The Morgan fingerprint density at radius 1 is 1.64 bits per heavy atom. The van der Waals surface area contributed by atoms with E-state index in [1.54, 1.807) is 12.1 Å². The van der Waals surface area contributed by atoms with Crippen molar-refractivity contribution in [3.63, 3.8) is 0 Å². The number of rotatable bonds is 3. The second-order valence-electron chi connectivity index (χ2n) is 2.84. The van der Waals surface area contributed by atoms with Crippen LogP contribution < -0.4 is 5.32 Å². The number of halogens is 2. The van der Waals surface area contributed by atoms with Gasteiger partial charge in [-0.15, -0.1) is 0 Å². The van der Waals surface area contributed by atoms with Gasteiger partial charge in [-0.3, -0.25) is 0 Å². The van der Waals surface area contributed by atoms with Gasteiger partial charge in [0.1, 0.15) is 11.9 Å². The van der Waals surface area contributed by atoms with Gasteiger partial charge >= 0.3 is 0 Å². The number of nitriles is 1. The monoisotopic (exact) mass is 304 g/mol. The SMILES string of the molecule is CCC(C#N)Nc1cccc(F)c1I. The fourth-order valence-electron chi connectivity index (χ4n) is 1.03. The van der Waals surface area contributed by atoms with Crippen LogP contribution in [0.15, 0.2) is 18.2 Å². The summed E-state index contributed by atoms with van der Waals surface area (Å²) in [6.45, 7) is 1.91. The number of benzene rings is 1. The molecule has 0 fully saturated rings. The van der Waals surface area contributed by atoms with Crippen molar-refractivity contribution < 1.29 is 4.39 Å².